The van der Waals surface area contributed by atoms with Crippen LogP contribution in [0.4, 0.5) is 0 Å². The van der Waals surface area contributed by atoms with Crippen LogP contribution in [0.25, 0.3) is 0 Å². The Labute approximate surface area is 135 Å². The normalized spacial score (nSPS) is 15.8. The molecule has 118 valence electrons. The largest absolute Gasteiger partial charge is 0.486 e. The van der Waals surface area contributed by atoms with E-state index in [-0.39, 0.29) is 17.6 Å². The first-order valence-corrected chi connectivity index (χ1v) is 8.18. The van der Waals surface area contributed by atoms with Gasteiger partial charge in [0.25, 0.3) is 0 Å². The quantitative estimate of drug-likeness (QED) is 0.844. The molecule has 0 aliphatic carbocycles. The highest BCUT2D eigenvalue weighted by Crippen LogP contribution is 2.34. The van der Waals surface area contributed by atoms with Crippen LogP contribution < -0.4 is 14.8 Å². The minimum atomic E-state index is -0.843. The third-order valence-corrected chi connectivity index (χ3v) is 4.66. The summed E-state index contributed by atoms with van der Waals surface area (Å²) in [4.78, 5) is 13.0. The van der Waals surface area contributed by atoms with Gasteiger partial charge in [0.2, 0.25) is 5.91 Å². The Kier molecular flexibility index (Phi) is 5.19. The van der Waals surface area contributed by atoms with E-state index in [9.17, 15) is 10.1 Å². The van der Waals surface area contributed by atoms with E-state index in [1.165, 1.54) is 11.8 Å². The molecule has 1 aliphatic rings. The van der Waals surface area contributed by atoms with Crippen molar-refractivity contribution in [3.05, 3.63) is 18.2 Å². The maximum absolute atomic E-state index is 12.0. The second kappa shape index (κ2) is 6.93. The molecule has 1 amide bonds. The molecule has 0 spiro atoms. The second-order valence-corrected chi connectivity index (χ2v) is 6.66. The van der Waals surface area contributed by atoms with E-state index in [0.717, 1.165) is 10.6 Å². The van der Waals surface area contributed by atoms with Gasteiger partial charge in [-0.1, -0.05) is 13.8 Å². The monoisotopic (exact) mass is 320 g/mol. The Morgan fingerprint density at radius 2 is 2.09 bits per heavy atom. The first-order valence-electron chi connectivity index (χ1n) is 7.19. The molecule has 0 aromatic heterocycles. The Morgan fingerprint density at radius 3 is 2.73 bits per heavy atom. The number of carbonyl (C=O) groups excluding carboxylic acids is 1. The van der Waals surface area contributed by atoms with Crippen molar-refractivity contribution in [1.82, 2.24) is 5.32 Å². The van der Waals surface area contributed by atoms with Crippen LogP contribution in [0.5, 0.6) is 11.5 Å². The average molecular weight is 320 g/mol. The maximum atomic E-state index is 12.0. The summed E-state index contributed by atoms with van der Waals surface area (Å²) in [5.41, 5.74) is -0.843. The molecule has 22 heavy (non-hydrogen) atoms. The number of amides is 1. The number of nitriles is 1. The molecule has 1 aromatic rings. The van der Waals surface area contributed by atoms with Gasteiger partial charge in [-0.3, -0.25) is 4.79 Å². The molecule has 1 atom stereocenters. The van der Waals surface area contributed by atoms with Gasteiger partial charge in [0.15, 0.2) is 11.5 Å². The lowest BCUT2D eigenvalue weighted by Gasteiger charge is -2.27. The number of benzene rings is 1. The van der Waals surface area contributed by atoms with Gasteiger partial charge in [0.05, 0.1) is 11.8 Å². The highest BCUT2D eigenvalue weighted by molar-refractivity contribution is 8.00. The summed E-state index contributed by atoms with van der Waals surface area (Å²) in [6.07, 6.45) is 0. The van der Waals surface area contributed by atoms with Gasteiger partial charge in [-0.15, -0.1) is 11.8 Å². The number of carbonyl (C=O) groups is 1. The molecule has 5 nitrogen and oxygen atoms in total. The van der Waals surface area contributed by atoms with Gasteiger partial charge in [0.1, 0.15) is 18.8 Å². The molecule has 0 bridgehead atoms. The standard InChI is InChI=1S/C16H20N2O3S/c1-11(2)16(3,10-17)18-15(19)9-22-12-4-5-13-14(8-12)21-7-6-20-13/h4-5,8,11H,6-7,9H2,1-3H3,(H,18,19)/t16-/m0/s1. The van der Waals surface area contributed by atoms with E-state index in [4.69, 9.17) is 9.47 Å². The third kappa shape index (κ3) is 3.86. The van der Waals surface area contributed by atoms with Gasteiger partial charge in [-0.25, -0.2) is 0 Å². The molecule has 0 unspecified atom stereocenters. The van der Waals surface area contributed by atoms with Gasteiger partial charge in [0, 0.05) is 4.90 Å². The van der Waals surface area contributed by atoms with Crippen LogP contribution in [0.15, 0.2) is 23.1 Å². The number of hydrogen-bond donors (Lipinski definition) is 1. The first-order chi connectivity index (χ1) is 10.4. The number of rotatable bonds is 5. The zero-order valence-electron chi connectivity index (χ0n) is 13.0. The van der Waals surface area contributed by atoms with E-state index in [0.29, 0.717) is 19.0 Å². The predicted octanol–water partition coefficient (Wildman–Crippen LogP) is 2.60. The van der Waals surface area contributed by atoms with Crippen molar-refractivity contribution in [1.29, 1.82) is 5.26 Å². The Hall–Kier alpha value is -1.87. The Morgan fingerprint density at radius 1 is 1.41 bits per heavy atom. The minimum Gasteiger partial charge on any atom is -0.486 e. The minimum absolute atomic E-state index is 0.0424. The van der Waals surface area contributed by atoms with Crippen LogP contribution in [0, 0.1) is 17.2 Å². The smallest absolute Gasteiger partial charge is 0.231 e. The molecule has 1 aliphatic heterocycles. The van der Waals surface area contributed by atoms with Crippen molar-refractivity contribution in [2.24, 2.45) is 5.92 Å². The van der Waals surface area contributed by atoms with Crippen LogP contribution in [0.1, 0.15) is 20.8 Å². The van der Waals surface area contributed by atoms with Crippen molar-refractivity contribution in [2.45, 2.75) is 31.2 Å². The predicted molar refractivity (Wildman–Crippen MR) is 85.2 cm³/mol. The van der Waals surface area contributed by atoms with Crippen LogP contribution in [0.2, 0.25) is 0 Å². The summed E-state index contributed by atoms with van der Waals surface area (Å²) in [5, 5.41) is 12.0. The molecule has 0 radical (unpaired) electrons. The van der Waals surface area contributed by atoms with Crippen molar-refractivity contribution in [3.8, 4) is 17.6 Å². The SMILES string of the molecule is CC(C)[C@](C)(C#N)NC(=O)CSc1ccc2c(c1)OCCO2. The van der Waals surface area contributed by atoms with Gasteiger partial charge >= 0.3 is 0 Å². The van der Waals surface area contributed by atoms with Crippen LogP contribution >= 0.6 is 11.8 Å². The Balaban J connectivity index is 1.93. The van der Waals surface area contributed by atoms with E-state index >= 15 is 0 Å². The highest BCUT2D eigenvalue weighted by Gasteiger charge is 2.29. The number of hydrogen-bond acceptors (Lipinski definition) is 5. The summed E-state index contributed by atoms with van der Waals surface area (Å²) in [7, 11) is 0. The molecular formula is C16H20N2O3S. The van der Waals surface area contributed by atoms with Crippen molar-refractivity contribution >= 4 is 17.7 Å². The zero-order valence-corrected chi connectivity index (χ0v) is 13.8. The van der Waals surface area contributed by atoms with E-state index in [2.05, 4.69) is 11.4 Å². The number of thioether (sulfide) groups is 1. The molecule has 0 saturated heterocycles. The van der Waals surface area contributed by atoms with E-state index in [1.807, 2.05) is 32.0 Å². The molecule has 0 fully saturated rings. The molecule has 1 heterocycles. The molecular weight excluding hydrogens is 300 g/mol. The lowest BCUT2D eigenvalue weighted by atomic mass is 9.90. The van der Waals surface area contributed by atoms with Crippen molar-refractivity contribution < 1.29 is 14.3 Å². The summed E-state index contributed by atoms with van der Waals surface area (Å²) in [5.74, 6) is 1.58. The van der Waals surface area contributed by atoms with Crippen LogP contribution in [-0.4, -0.2) is 30.4 Å². The van der Waals surface area contributed by atoms with E-state index in [1.54, 1.807) is 6.92 Å². The summed E-state index contributed by atoms with van der Waals surface area (Å²) >= 11 is 1.41. The maximum Gasteiger partial charge on any atom is 0.231 e. The fraction of sp³-hybridized carbons (Fsp3) is 0.500. The number of fused-ring (bicyclic) bond motifs is 1. The van der Waals surface area contributed by atoms with Crippen molar-refractivity contribution in [2.75, 3.05) is 19.0 Å². The number of nitrogens with one attached hydrogen (secondary N) is 1. The third-order valence-electron chi connectivity index (χ3n) is 3.67. The second-order valence-electron chi connectivity index (χ2n) is 5.61. The number of nitrogens with zero attached hydrogens (tertiary/aromatic N) is 1. The summed E-state index contributed by atoms with van der Waals surface area (Å²) in [6, 6.07) is 7.79. The molecule has 1 N–H and O–H groups in total. The molecule has 6 heteroatoms. The summed E-state index contributed by atoms with van der Waals surface area (Å²) < 4.78 is 11.0. The molecule has 2 rings (SSSR count). The lowest BCUT2D eigenvalue weighted by Crippen LogP contribution is -2.49. The fourth-order valence-electron chi connectivity index (χ4n) is 1.89. The van der Waals surface area contributed by atoms with Gasteiger partial charge in [-0.05, 0) is 31.0 Å². The summed E-state index contributed by atoms with van der Waals surface area (Å²) in [6.45, 7) is 6.67. The van der Waals surface area contributed by atoms with Crippen molar-refractivity contribution in [3.63, 3.8) is 0 Å². The van der Waals surface area contributed by atoms with E-state index < -0.39 is 5.54 Å². The highest BCUT2D eigenvalue weighted by atomic mass is 32.2. The first kappa shape index (κ1) is 16.5. The zero-order chi connectivity index (χ0) is 16.2. The van der Waals surface area contributed by atoms with Crippen LogP contribution in [-0.2, 0) is 4.79 Å². The fourth-order valence-corrected chi connectivity index (χ4v) is 2.61. The Bertz CT molecular complexity index is 598. The lowest BCUT2D eigenvalue weighted by molar-refractivity contribution is -0.120. The molecule has 0 saturated carbocycles. The van der Waals surface area contributed by atoms with Gasteiger partial charge < -0.3 is 14.8 Å². The van der Waals surface area contributed by atoms with Gasteiger partial charge in [-0.2, -0.15) is 5.26 Å². The topological polar surface area (TPSA) is 71.4 Å². The average Bonchev–Trinajstić information content (AvgIpc) is 2.52. The molecule has 1 aromatic carbocycles. The number of ether oxygens (including phenoxy) is 2. The van der Waals surface area contributed by atoms with Crippen LogP contribution in [0.3, 0.4) is 0 Å².